The molecule has 1 aliphatic rings. The van der Waals surface area contributed by atoms with Crippen LogP contribution in [0.15, 0.2) is 12.1 Å². The Balaban J connectivity index is 2.07. The van der Waals surface area contributed by atoms with Crippen molar-refractivity contribution in [1.82, 2.24) is 4.90 Å². The highest BCUT2D eigenvalue weighted by molar-refractivity contribution is 6.41. The molecule has 25 heavy (non-hydrogen) atoms. The number of amidine groups is 1. The van der Waals surface area contributed by atoms with Gasteiger partial charge >= 0.3 is 13.1 Å². The van der Waals surface area contributed by atoms with Gasteiger partial charge in [0.2, 0.25) is 0 Å². The molecule has 0 atom stereocenters. The lowest BCUT2D eigenvalue weighted by Crippen LogP contribution is -2.56. The predicted octanol–water partition coefficient (Wildman–Crippen LogP) is -0.208. The lowest BCUT2D eigenvalue weighted by atomic mass is 9.82. The number of aromatic carboxylic acids is 1. The predicted molar refractivity (Wildman–Crippen MR) is 89.4 cm³/mol. The number of hydrogen-bond donors (Lipinski definition) is 5. The maximum absolute atomic E-state index is 11.5. The monoisotopic (exact) mass is 352 g/mol. The number of phenols is 1. The number of carboxylic acid groups (broad SMARTS) is 1. The third-order valence-corrected chi connectivity index (χ3v) is 3.91. The topological polar surface area (TPSA) is 144 Å². The van der Waals surface area contributed by atoms with Gasteiger partial charge in [-0.1, -0.05) is 6.07 Å². The highest BCUT2D eigenvalue weighted by atomic mass is 16.5. The Morgan fingerprint density at radius 3 is 2.64 bits per heavy atom. The summed E-state index contributed by atoms with van der Waals surface area (Å²) in [5.74, 6) is -1.40. The fourth-order valence-electron chi connectivity index (χ4n) is 2.55. The van der Waals surface area contributed by atoms with E-state index in [1.807, 2.05) is 0 Å². The van der Waals surface area contributed by atoms with Crippen molar-refractivity contribution in [2.24, 2.45) is 0 Å². The molecule has 1 saturated heterocycles. The van der Waals surface area contributed by atoms with Gasteiger partial charge in [0, 0.05) is 7.11 Å². The highest BCUT2D eigenvalue weighted by Gasteiger charge is 2.32. The van der Waals surface area contributed by atoms with Gasteiger partial charge in [0.05, 0.1) is 13.1 Å². The van der Waals surface area contributed by atoms with Crippen LogP contribution < -0.4 is 4.74 Å². The molecule has 0 saturated carbocycles. The summed E-state index contributed by atoms with van der Waals surface area (Å²) in [6.07, 6.45) is -0.193. The van der Waals surface area contributed by atoms with Crippen LogP contribution in [-0.4, -0.2) is 77.0 Å². The van der Waals surface area contributed by atoms with Gasteiger partial charge in [-0.15, -0.1) is 0 Å². The van der Waals surface area contributed by atoms with Crippen molar-refractivity contribution >= 4 is 18.9 Å². The molecule has 0 bridgehead atoms. The normalized spacial score (nSPS) is 14.1. The van der Waals surface area contributed by atoms with E-state index in [1.54, 1.807) is 4.90 Å². The average molecular weight is 352 g/mol. The van der Waals surface area contributed by atoms with Crippen molar-refractivity contribution in [1.29, 1.82) is 5.41 Å². The molecule has 1 aromatic carbocycles. The van der Waals surface area contributed by atoms with Crippen LogP contribution >= 0.6 is 0 Å². The number of carbonyl (C=O) groups is 1. The van der Waals surface area contributed by atoms with Crippen LogP contribution in [0.5, 0.6) is 11.5 Å². The number of methoxy groups -OCH3 is 1. The van der Waals surface area contributed by atoms with Crippen molar-refractivity contribution < 1.29 is 34.5 Å². The molecule has 0 spiro atoms. The van der Waals surface area contributed by atoms with E-state index in [0.717, 1.165) is 0 Å². The van der Waals surface area contributed by atoms with Crippen molar-refractivity contribution in [3.8, 4) is 11.5 Å². The second-order valence-electron chi connectivity index (χ2n) is 5.80. The fraction of sp³-hybridized carbons (Fsp3) is 0.467. The Hall–Kier alpha value is -2.30. The number of hydrogen-bond acceptors (Lipinski definition) is 7. The molecule has 1 heterocycles. The second kappa shape index (κ2) is 8.19. The number of rotatable bonds is 8. The molecule has 2 rings (SSSR count). The summed E-state index contributed by atoms with van der Waals surface area (Å²) in [7, 11) is -0.0336. The Bertz CT molecular complexity index is 647. The summed E-state index contributed by atoms with van der Waals surface area (Å²) < 4.78 is 10.5. The summed E-state index contributed by atoms with van der Waals surface area (Å²) in [4.78, 5) is 13.2. The minimum absolute atomic E-state index is 0.0218. The first-order valence-electron chi connectivity index (χ1n) is 7.75. The quantitative estimate of drug-likeness (QED) is 0.246. The number of nitrogens with zero attached hydrogens (tertiary/aromatic N) is 1. The van der Waals surface area contributed by atoms with Gasteiger partial charge in [-0.3, -0.25) is 5.41 Å². The van der Waals surface area contributed by atoms with Crippen molar-refractivity contribution in [2.45, 2.75) is 18.8 Å². The van der Waals surface area contributed by atoms with Crippen LogP contribution in [0.3, 0.4) is 0 Å². The molecule has 10 heteroatoms. The number of benzene rings is 1. The minimum Gasteiger partial charge on any atom is -0.507 e. The lowest BCUT2D eigenvalue weighted by molar-refractivity contribution is 0.0559. The lowest BCUT2D eigenvalue weighted by Gasteiger charge is -2.40. The van der Waals surface area contributed by atoms with Crippen LogP contribution in [0.2, 0.25) is 6.32 Å². The summed E-state index contributed by atoms with van der Waals surface area (Å²) in [6.45, 7) is 1.06. The van der Waals surface area contributed by atoms with Crippen LogP contribution in [0.1, 0.15) is 15.9 Å². The maximum atomic E-state index is 11.5. The largest absolute Gasteiger partial charge is 0.507 e. The first-order valence-corrected chi connectivity index (χ1v) is 7.75. The molecule has 1 fully saturated rings. The molecule has 0 aliphatic carbocycles. The molecule has 136 valence electrons. The van der Waals surface area contributed by atoms with E-state index in [0.29, 0.717) is 24.5 Å². The first kappa shape index (κ1) is 19.0. The number of likely N-dealkylation sites (tertiary alicyclic amines) is 1. The molecule has 0 radical (unpaired) electrons. The molecule has 1 aromatic rings. The Kier molecular flexibility index (Phi) is 6.24. The van der Waals surface area contributed by atoms with Crippen LogP contribution in [-0.2, 0) is 11.2 Å². The molecular weight excluding hydrogens is 331 g/mol. The van der Waals surface area contributed by atoms with Gasteiger partial charge in [-0.2, -0.15) is 0 Å². The number of aryl methyl sites for hydroxylation is 1. The number of aromatic hydroxyl groups is 1. The van der Waals surface area contributed by atoms with E-state index in [-0.39, 0.29) is 36.8 Å². The fourth-order valence-corrected chi connectivity index (χ4v) is 2.55. The average Bonchev–Trinajstić information content (AvgIpc) is 2.49. The number of nitrogens with one attached hydrogen (secondary N) is 1. The maximum Gasteiger partial charge on any atom is 0.451 e. The van der Waals surface area contributed by atoms with Crippen molar-refractivity contribution in [3.05, 3.63) is 23.3 Å². The van der Waals surface area contributed by atoms with Crippen LogP contribution in [0, 0.1) is 5.41 Å². The summed E-state index contributed by atoms with van der Waals surface area (Å²) >= 11 is 0. The van der Waals surface area contributed by atoms with E-state index in [4.69, 9.17) is 24.9 Å². The SMILES string of the molecule is COCC(=N)N1CC(Oc2ccc(CCB(O)O)c(O)c2C(=O)O)C1. The van der Waals surface area contributed by atoms with E-state index >= 15 is 0 Å². The third kappa shape index (κ3) is 4.62. The Morgan fingerprint density at radius 1 is 1.40 bits per heavy atom. The minimum atomic E-state index is -1.54. The Labute approximate surface area is 145 Å². The molecular formula is C15H21BN2O7. The van der Waals surface area contributed by atoms with Crippen molar-refractivity contribution in [3.63, 3.8) is 0 Å². The van der Waals surface area contributed by atoms with E-state index in [9.17, 15) is 15.0 Å². The smallest absolute Gasteiger partial charge is 0.451 e. The van der Waals surface area contributed by atoms with Gasteiger partial charge in [-0.05, 0) is 24.4 Å². The zero-order valence-corrected chi connectivity index (χ0v) is 13.8. The van der Waals surface area contributed by atoms with Gasteiger partial charge in [-0.25, -0.2) is 4.79 Å². The molecule has 0 aromatic heterocycles. The zero-order valence-electron chi connectivity index (χ0n) is 13.8. The molecule has 5 N–H and O–H groups in total. The van der Waals surface area contributed by atoms with Gasteiger partial charge in [0.1, 0.15) is 35.6 Å². The van der Waals surface area contributed by atoms with Crippen molar-refractivity contribution in [2.75, 3.05) is 26.8 Å². The number of ether oxygens (including phenoxy) is 2. The summed E-state index contributed by atoms with van der Waals surface area (Å²) in [5, 5.41) is 45.1. The second-order valence-corrected chi connectivity index (χ2v) is 5.80. The Morgan fingerprint density at radius 2 is 2.08 bits per heavy atom. The summed E-state index contributed by atoms with van der Waals surface area (Å²) in [5.41, 5.74) is -0.0506. The van der Waals surface area contributed by atoms with Crippen LogP contribution in [0.4, 0.5) is 0 Å². The van der Waals surface area contributed by atoms with Gasteiger partial charge < -0.3 is 34.6 Å². The third-order valence-electron chi connectivity index (χ3n) is 3.91. The van der Waals surface area contributed by atoms with E-state index < -0.39 is 18.8 Å². The first-order chi connectivity index (χ1) is 11.8. The van der Waals surface area contributed by atoms with Gasteiger partial charge in [0.25, 0.3) is 0 Å². The zero-order chi connectivity index (χ0) is 18.6. The van der Waals surface area contributed by atoms with E-state index in [1.165, 1.54) is 19.2 Å². The molecule has 1 aliphatic heterocycles. The number of carboxylic acids is 1. The highest BCUT2D eigenvalue weighted by Crippen LogP contribution is 2.33. The van der Waals surface area contributed by atoms with E-state index in [2.05, 4.69) is 0 Å². The van der Waals surface area contributed by atoms with Crippen LogP contribution in [0.25, 0.3) is 0 Å². The standard InChI is InChI=1S/C15H21BN2O7/c1-24-8-12(17)18-6-10(7-18)25-11-3-2-9(4-5-16(22)23)14(19)13(11)15(20)21/h2-3,10,17,19,22-23H,4-8H2,1H3,(H,20,21). The van der Waals surface area contributed by atoms with Gasteiger partial charge in [0.15, 0.2) is 0 Å². The molecule has 9 nitrogen and oxygen atoms in total. The summed E-state index contributed by atoms with van der Waals surface area (Å²) in [6, 6.07) is 2.95. The molecule has 0 amide bonds. The molecule has 0 unspecified atom stereocenters.